The Balaban J connectivity index is 1.61. The summed E-state index contributed by atoms with van der Waals surface area (Å²) in [6, 6.07) is 5.66. The second-order valence-corrected chi connectivity index (χ2v) is 10.4. The molecule has 1 unspecified atom stereocenters. The molecule has 0 amide bonds. The summed E-state index contributed by atoms with van der Waals surface area (Å²) < 4.78 is 24.6. The number of methoxy groups -OCH3 is 2. The van der Waals surface area contributed by atoms with Gasteiger partial charge in [0.1, 0.15) is 17.6 Å². The highest BCUT2D eigenvalue weighted by Crippen LogP contribution is 2.49. The van der Waals surface area contributed by atoms with Crippen LogP contribution in [-0.2, 0) is 16.1 Å². The first-order chi connectivity index (χ1) is 17.3. The monoisotopic (exact) mass is 494 g/mol. The minimum absolute atomic E-state index is 0.0507. The van der Waals surface area contributed by atoms with Crippen molar-refractivity contribution in [3.8, 4) is 17.4 Å². The van der Waals surface area contributed by atoms with Crippen LogP contribution in [0.4, 0.5) is 0 Å². The van der Waals surface area contributed by atoms with E-state index in [1.54, 1.807) is 20.5 Å². The molecule has 36 heavy (non-hydrogen) atoms. The summed E-state index contributed by atoms with van der Waals surface area (Å²) in [5.74, 6) is 1.81. The third-order valence-electron chi connectivity index (χ3n) is 7.27. The van der Waals surface area contributed by atoms with E-state index < -0.39 is 5.92 Å². The number of fused-ring (bicyclic) bond motifs is 1. The van der Waals surface area contributed by atoms with E-state index in [1.807, 2.05) is 22.8 Å². The van der Waals surface area contributed by atoms with Crippen LogP contribution in [0, 0.1) is 10.8 Å². The SMILES string of the molecule is COc1ccc(C2C3=C(CC(C)(C)CC3=O)Oc3ncn(CCN4CCOCC4)c(=N)c32)cc1OC. The standard InChI is InChI=1S/C27H34N4O5/c1-27(2)14-18(32)23-21(15-27)36-26-24(22(23)17-5-6-19(33-3)20(13-17)34-4)25(28)31(16-29-26)8-7-30-9-11-35-12-10-30/h5-6,13,16,22,28H,7-12,14-15H2,1-4H3. The Labute approximate surface area is 211 Å². The lowest BCUT2D eigenvalue weighted by molar-refractivity contribution is -0.118. The number of ketones is 1. The van der Waals surface area contributed by atoms with Crippen molar-refractivity contribution >= 4 is 5.78 Å². The van der Waals surface area contributed by atoms with Crippen LogP contribution < -0.4 is 19.7 Å². The largest absolute Gasteiger partial charge is 0.493 e. The number of hydrogen-bond acceptors (Lipinski definition) is 8. The lowest BCUT2D eigenvalue weighted by Crippen LogP contribution is -2.41. The molecule has 3 aliphatic rings. The zero-order chi connectivity index (χ0) is 25.4. The Morgan fingerprint density at radius 1 is 1.11 bits per heavy atom. The zero-order valence-corrected chi connectivity index (χ0v) is 21.4. The van der Waals surface area contributed by atoms with E-state index in [0.717, 1.165) is 38.4 Å². The highest BCUT2D eigenvalue weighted by Gasteiger charge is 2.43. The summed E-state index contributed by atoms with van der Waals surface area (Å²) in [4.78, 5) is 20.5. The van der Waals surface area contributed by atoms with Gasteiger partial charge in [-0.3, -0.25) is 15.1 Å². The smallest absolute Gasteiger partial charge is 0.228 e. The van der Waals surface area contributed by atoms with Crippen molar-refractivity contribution in [2.45, 2.75) is 39.2 Å². The Morgan fingerprint density at radius 3 is 2.58 bits per heavy atom. The molecule has 2 aliphatic heterocycles. The Hall–Kier alpha value is -3.17. The number of aromatic nitrogens is 2. The molecule has 0 bridgehead atoms. The summed E-state index contributed by atoms with van der Waals surface area (Å²) in [5, 5.41) is 9.16. The van der Waals surface area contributed by atoms with Gasteiger partial charge in [-0.05, 0) is 23.1 Å². The topological polar surface area (TPSA) is 98.9 Å². The summed E-state index contributed by atoms with van der Waals surface area (Å²) in [6.07, 6.45) is 2.74. The van der Waals surface area contributed by atoms with Crippen molar-refractivity contribution in [3.05, 3.63) is 52.5 Å². The van der Waals surface area contributed by atoms with Gasteiger partial charge in [0.15, 0.2) is 17.3 Å². The molecule has 1 fully saturated rings. The van der Waals surface area contributed by atoms with Gasteiger partial charge in [0.2, 0.25) is 5.88 Å². The second kappa shape index (κ2) is 9.71. The maximum atomic E-state index is 13.5. The fourth-order valence-corrected chi connectivity index (χ4v) is 5.41. The summed E-state index contributed by atoms with van der Waals surface area (Å²) in [5.41, 5.74) is 2.18. The molecular formula is C27H34N4O5. The summed E-state index contributed by atoms with van der Waals surface area (Å²) in [7, 11) is 3.19. The van der Waals surface area contributed by atoms with Gasteiger partial charge in [-0.25, -0.2) is 4.98 Å². The predicted molar refractivity (Wildman–Crippen MR) is 132 cm³/mol. The molecule has 9 nitrogen and oxygen atoms in total. The van der Waals surface area contributed by atoms with Crippen LogP contribution in [0.5, 0.6) is 17.4 Å². The van der Waals surface area contributed by atoms with Crippen LogP contribution in [-0.4, -0.2) is 67.3 Å². The number of hydrogen-bond donors (Lipinski definition) is 1. The van der Waals surface area contributed by atoms with Gasteiger partial charge >= 0.3 is 0 Å². The number of carbonyl (C=O) groups excluding carboxylic acids is 1. The van der Waals surface area contributed by atoms with Crippen molar-refractivity contribution in [1.29, 1.82) is 5.41 Å². The van der Waals surface area contributed by atoms with Crippen molar-refractivity contribution in [1.82, 2.24) is 14.5 Å². The molecule has 0 radical (unpaired) electrons. The second-order valence-electron chi connectivity index (χ2n) is 10.4. The molecule has 1 aromatic heterocycles. The average molecular weight is 495 g/mol. The lowest BCUT2D eigenvalue weighted by Gasteiger charge is -2.38. The van der Waals surface area contributed by atoms with Gasteiger partial charge in [-0.15, -0.1) is 0 Å². The molecule has 3 heterocycles. The predicted octanol–water partition coefficient (Wildman–Crippen LogP) is 2.88. The third-order valence-corrected chi connectivity index (χ3v) is 7.27. The van der Waals surface area contributed by atoms with E-state index in [-0.39, 0.29) is 11.2 Å². The Morgan fingerprint density at radius 2 is 1.86 bits per heavy atom. The average Bonchev–Trinajstić information content (AvgIpc) is 2.86. The van der Waals surface area contributed by atoms with Gasteiger partial charge in [-0.2, -0.15) is 0 Å². The molecule has 5 rings (SSSR count). The van der Waals surface area contributed by atoms with Gasteiger partial charge < -0.3 is 23.5 Å². The number of rotatable bonds is 6. The van der Waals surface area contributed by atoms with Gasteiger partial charge in [0.05, 0.1) is 38.9 Å². The first kappa shape index (κ1) is 24.5. The Kier molecular flexibility index (Phi) is 6.61. The fourth-order valence-electron chi connectivity index (χ4n) is 5.41. The molecule has 0 saturated carbocycles. The minimum Gasteiger partial charge on any atom is -0.493 e. The highest BCUT2D eigenvalue weighted by molar-refractivity contribution is 6.00. The third kappa shape index (κ3) is 4.53. The highest BCUT2D eigenvalue weighted by atomic mass is 16.5. The fraction of sp³-hybridized carbons (Fsp3) is 0.519. The molecular weight excluding hydrogens is 460 g/mol. The number of allylic oxidation sites excluding steroid dienone is 2. The van der Waals surface area contributed by atoms with Crippen LogP contribution in [0.15, 0.2) is 35.9 Å². The van der Waals surface area contributed by atoms with Crippen molar-refractivity contribution in [3.63, 3.8) is 0 Å². The molecule has 0 spiro atoms. The quantitative estimate of drug-likeness (QED) is 0.659. The number of ether oxygens (including phenoxy) is 4. The number of Topliss-reactive ketones (excluding diaryl/α,β-unsaturated/α-hetero) is 1. The van der Waals surface area contributed by atoms with Gasteiger partial charge in [-0.1, -0.05) is 19.9 Å². The zero-order valence-electron chi connectivity index (χ0n) is 21.4. The van der Waals surface area contributed by atoms with E-state index >= 15 is 0 Å². The van der Waals surface area contributed by atoms with Crippen LogP contribution in [0.1, 0.15) is 43.7 Å². The van der Waals surface area contributed by atoms with E-state index in [0.29, 0.717) is 59.1 Å². The van der Waals surface area contributed by atoms with E-state index in [9.17, 15) is 4.79 Å². The number of nitrogens with one attached hydrogen (secondary N) is 1. The van der Waals surface area contributed by atoms with Crippen LogP contribution in [0.25, 0.3) is 0 Å². The van der Waals surface area contributed by atoms with Crippen LogP contribution in [0.3, 0.4) is 0 Å². The van der Waals surface area contributed by atoms with E-state index in [2.05, 4.69) is 23.7 Å². The van der Waals surface area contributed by atoms with Gasteiger partial charge in [0, 0.05) is 44.6 Å². The molecule has 192 valence electrons. The molecule has 1 saturated heterocycles. The van der Waals surface area contributed by atoms with Gasteiger partial charge in [0.25, 0.3) is 0 Å². The number of nitrogens with zero attached hydrogens (tertiary/aromatic N) is 3. The normalized spacial score (nSPS) is 21.4. The molecule has 2 aromatic rings. The molecule has 9 heteroatoms. The first-order valence-corrected chi connectivity index (χ1v) is 12.4. The summed E-state index contributed by atoms with van der Waals surface area (Å²) in [6.45, 7) is 8.78. The van der Waals surface area contributed by atoms with Crippen LogP contribution >= 0.6 is 0 Å². The maximum Gasteiger partial charge on any atom is 0.228 e. The Bertz CT molecular complexity index is 1260. The minimum atomic E-state index is -0.469. The molecule has 1 aromatic carbocycles. The van der Waals surface area contributed by atoms with Crippen molar-refractivity contribution < 1.29 is 23.7 Å². The molecule has 1 atom stereocenters. The van der Waals surface area contributed by atoms with Crippen molar-refractivity contribution in [2.24, 2.45) is 5.41 Å². The number of morpholine rings is 1. The van der Waals surface area contributed by atoms with E-state index in [1.165, 1.54) is 0 Å². The van der Waals surface area contributed by atoms with E-state index in [4.69, 9.17) is 24.4 Å². The number of benzene rings is 1. The maximum absolute atomic E-state index is 13.5. The molecule has 1 aliphatic carbocycles. The summed E-state index contributed by atoms with van der Waals surface area (Å²) >= 11 is 0. The molecule has 1 N–H and O–H groups in total. The lowest BCUT2D eigenvalue weighted by atomic mass is 9.70. The number of carbonyl (C=O) groups is 1. The van der Waals surface area contributed by atoms with Crippen LogP contribution in [0.2, 0.25) is 0 Å². The van der Waals surface area contributed by atoms with Crippen molar-refractivity contribution in [2.75, 3.05) is 47.1 Å². The first-order valence-electron chi connectivity index (χ1n) is 12.4.